The molecule has 102 valence electrons. The first-order valence-corrected chi connectivity index (χ1v) is 6.65. The van der Waals surface area contributed by atoms with Crippen molar-refractivity contribution in [1.29, 1.82) is 0 Å². The molecule has 0 bridgehead atoms. The maximum atomic E-state index is 12.1. The molecular weight excluding hydrogens is 240 g/mol. The van der Waals surface area contributed by atoms with Crippen molar-refractivity contribution in [2.75, 3.05) is 18.0 Å². The minimum absolute atomic E-state index is 0.125. The molecule has 0 radical (unpaired) electrons. The third kappa shape index (κ3) is 3.13. The molecular formula is C15H20N2O2. The molecule has 1 aliphatic heterocycles. The zero-order valence-corrected chi connectivity index (χ0v) is 11.5. The second kappa shape index (κ2) is 5.87. The molecule has 0 aliphatic carbocycles. The van der Waals surface area contributed by atoms with E-state index in [-0.39, 0.29) is 12.1 Å². The van der Waals surface area contributed by atoms with Crippen LogP contribution in [0, 0.1) is 5.92 Å². The van der Waals surface area contributed by atoms with Crippen molar-refractivity contribution in [3.63, 3.8) is 0 Å². The van der Waals surface area contributed by atoms with Gasteiger partial charge in [-0.2, -0.15) is 0 Å². The molecule has 1 atom stereocenters. The Morgan fingerprint density at radius 2 is 2.42 bits per heavy atom. The molecule has 2 heterocycles. The molecule has 4 nitrogen and oxygen atoms in total. The van der Waals surface area contributed by atoms with Crippen molar-refractivity contribution in [3.8, 4) is 0 Å². The third-order valence-electron chi connectivity index (χ3n) is 3.21. The van der Waals surface area contributed by atoms with Gasteiger partial charge < -0.3 is 9.64 Å². The van der Waals surface area contributed by atoms with Gasteiger partial charge >= 0.3 is 5.97 Å². The molecule has 0 amide bonds. The topological polar surface area (TPSA) is 42.4 Å². The zero-order valence-electron chi connectivity index (χ0n) is 11.5. The van der Waals surface area contributed by atoms with Crippen LogP contribution in [0.5, 0.6) is 0 Å². The number of esters is 1. The maximum Gasteiger partial charge on any atom is 0.342 e. The van der Waals surface area contributed by atoms with Gasteiger partial charge in [0.2, 0.25) is 0 Å². The number of nitrogens with zero attached hydrogens (tertiary/aromatic N) is 2. The van der Waals surface area contributed by atoms with Crippen molar-refractivity contribution in [2.45, 2.75) is 26.4 Å². The fourth-order valence-electron chi connectivity index (χ4n) is 2.26. The Labute approximate surface area is 114 Å². The van der Waals surface area contributed by atoms with Crippen molar-refractivity contribution in [1.82, 2.24) is 4.98 Å². The van der Waals surface area contributed by atoms with Crippen molar-refractivity contribution >= 4 is 11.8 Å². The van der Waals surface area contributed by atoms with E-state index in [0.717, 1.165) is 25.3 Å². The van der Waals surface area contributed by atoms with E-state index >= 15 is 0 Å². The van der Waals surface area contributed by atoms with Crippen LogP contribution in [0.3, 0.4) is 0 Å². The quantitative estimate of drug-likeness (QED) is 0.616. The lowest BCUT2D eigenvalue weighted by Crippen LogP contribution is -2.24. The molecule has 1 aromatic heterocycles. The molecule has 1 aliphatic rings. The number of pyridine rings is 1. The Balaban J connectivity index is 2.21. The Bertz CT molecular complexity index is 471. The second-order valence-corrected chi connectivity index (χ2v) is 5.06. The number of carbonyl (C=O) groups excluding carboxylic acids is 1. The second-order valence-electron chi connectivity index (χ2n) is 5.06. The van der Waals surface area contributed by atoms with Gasteiger partial charge in [-0.25, -0.2) is 9.78 Å². The number of anilines is 1. The van der Waals surface area contributed by atoms with Crippen molar-refractivity contribution < 1.29 is 9.53 Å². The van der Waals surface area contributed by atoms with Crippen LogP contribution in [0.15, 0.2) is 31.0 Å². The Kier molecular flexibility index (Phi) is 4.20. The summed E-state index contributed by atoms with van der Waals surface area (Å²) in [5, 5.41) is 0. The lowest BCUT2D eigenvalue weighted by Gasteiger charge is -2.20. The maximum absolute atomic E-state index is 12.1. The molecule has 19 heavy (non-hydrogen) atoms. The fourth-order valence-corrected chi connectivity index (χ4v) is 2.26. The summed E-state index contributed by atoms with van der Waals surface area (Å²) < 4.78 is 5.26. The van der Waals surface area contributed by atoms with Gasteiger partial charge in [0.25, 0.3) is 0 Å². The molecule has 0 aromatic carbocycles. The van der Waals surface area contributed by atoms with E-state index in [2.05, 4.69) is 16.5 Å². The summed E-state index contributed by atoms with van der Waals surface area (Å²) >= 11 is 0. The van der Waals surface area contributed by atoms with Crippen LogP contribution in [0.2, 0.25) is 0 Å². The summed E-state index contributed by atoms with van der Waals surface area (Å²) in [4.78, 5) is 18.6. The first-order chi connectivity index (χ1) is 9.11. The monoisotopic (exact) mass is 260 g/mol. The first kappa shape index (κ1) is 13.6. The summed E-state index contributed by atoms with van der Waals surface area (Å²) in [7, 11) is 0. The number of rotatable bonds is 4. The standard InChI is InChI=1S/C15H20N2O2/c1-4-12-7-9-17(10-12)14-13(6-5-8-16-14)15(18)19-11(2)3/h4-6,8,11-12H,1,7,9-10H2,2-3H3. The summed E-state index contributed by atoms with van der Waals surface area (Å²) in [6.07, 6.45) is 4.61. The van der Waals surface area contributed by atoms with Gasteiger partial charge in [-0.1, -0.05) is 6.08 Å². The lowest BCUT2D eigenvalue weighted by molar-refractivity contribution is 0.0378. The highest BCUT2D eigenvalue weighted by Crippen LogP contribution is 2.26. The van der Waals surface area contributed by atoms with Crippen LogP contribution in [0.4, 0.5) is 5.82 Å². The van der Waals surface area contributed by atoms with Gasteiger partial charge in [-0.3, -0.25) is 0 Å². The smallest absolute Gasteiger partial charge is 0.342 e. The van der Waals surface area contributed by atoms with Crippen molar-refractivity contribution in [2.24, 2.45) is 5.92 Å². The molecule has 4 heteroatoms. The van der Waals surface area contributed by atoms with Gasteiger partial charge in [0.15, 0.2) is 0 Å². The van der Waals surface area contributed by atoms with Gasteiger partial charge in [-0.05, 0) is 38.3 Å². The Morgan fingerprint density at radius 3 is 3.05 bits per heavy atom. The van der Waals surface area contributed by atoms with Gasteiger partial charge in [0.05, 0.1) is 6.10 Å². The molecule has 1 aromatic rings. The van der Waals surface area contributed by atoms with E-state index in [1.165, 1.54) is 0 Å². The highest BCUT2D eigenvalue weighted by Gasteiger charge is 2.25. The van der Waals surface area contributed by atoms with E-state index in [1.807, 2.05) is 19.9 Å². The lowest BCUT2D eigenvalue weighted by atomic mass is 10.1. The molecule has 1 saturated heterocycles. The van der Waals surface area contributed by atoms with Gasteiger partial charge in [-0.15, -0.1) is 6.58 Å². The van der Waals surface area contributed by atoms with Crippen LogP contribution in [-0.4, -0.2) is 30.1 Å². The van der Waals surface area contributed by atoms with Crippen LogP contribution in [-0.2, 0) is 4.74 Å². The molecule has 0 N–H and O–H groups in total. The SMILES string of the molecule is C=CC1CCN(c2ncccc2C(=O)OC(C)C)C1. The van der Waals surface area contributed by atoms with Crippen molar-refractivity contribution in [3.05, 3.63) is 36.5 Å². The predicted octanol–water partition coefficient (Wildman–Crippen LogP) is 2.66. The summed E-state index contributed by atoms with van der Waals surface area (Å²) in [5.41, 5.74) is 0.543. The van der Waals surface area contributed by atoms with Gasteiger partial charge in [0, 0.05) is 19.3 Å². The predicted molar refractivity (Wildman–Crippen MR) is 75.3 cm³/mol. The summed E-state index contributed by atoms with van der Waals surface area (Å²) in [6.45, 7) is 9.28. The Hall–Kier alpha value is -1.84. The fraction of sp³-hybridized carbons (Fsp3) is 0.467. The largest absolute Gasteiger partial charge is 0.459 e. The van der Waals surface area contributed by atoms with Crippen LogP contribution >= 0.6 is 0 Å². The number of hydrogen-bond acceptors (Lipinski definition) is 4. The molecule has 0 spiro atoms. The zero-order chi connectivity index (χ0) is 13.8. The minimum atomic E-state index is -0.305. The highest BCUT2D eigenvalue weighted by molar-refractivity contribution is 5.94. The normalized spacial score (nSPS) is 18.7. The summed E-state index contributed by atoms with van der Waals surface area (Å²) in [5.74, 6) is 0.883. The molecule has 0 saturated carbocycles. The highest BCUT2D eigenvalue weighted by atomic mass is 16.5. The summed E-state index contributed by atoms with van der Waals surface area (Å²) in [6, 6.07) is 3.54. The minimum Gasteiger partial charge on any atom is -0.459 e. The van der Waals surface area contributed by atoms with Crippen LogP contribution < -0.4 is 4.90 Å². The average molecular weight is 260 g/mol. The number of aromatic nitrogens is 1. The van der Waals surface area contributed by atoms with Gasteiger partial charge in [0.1, 0.15) is 11.4 Å². The Morgan fingerprint density at radius 1 is 1.63 bits per heavy atom. The van der Waals surface area contributed by atoms with Crippen LogP contribution in [0.1, 0.15) is 30.6 Å². The average Bonchev–Trinajstić information content (AvgIpc) is 2.86. The van der Waals surface area contributed by atoms with E-state index in [4.69, 9.17) is 4.74 Å². The van der Waals surface area contributed by atoms with E-state index in [1.54, 1.807) is 18.3 Å². The molecule has 1 fully saturated rings. The van der Waals surface area contributed by atoms with E-state index < -0.39 is 0 Å². The van der Waals surface area contributed by atoms with E-state index in [9.17, 15) is 4.79 Å². The van der Waals surface area contributed by atoms with E-state index in [0.29, 0.717) is 11.5 Å². The number of carbonyl (C=O) groups is 1. The number of ether oxygens (including phenoxy) is 1. The molecule has 2 rings (SSSR count). The molecule has 1 unspecified atom stereocenters. The first-order valence-electron chi connectivity index (χ1n) is 6.65. The van der Waals surface area contributed by atoms with Crippen LogP contribution in [0.25, 0.3) is 0 Å². The number of hydrogen-bond donors (Lipinski definition) is 0. The third-order valence-corrected chi connectivity index (χ3v) is 3.21.